The Balaban J connectivity index is 1.92. The van der Waals surface area contributed by atoms with Gasteiger partial charge in [0.2, 0.25) is 5.91 Å². The van der Waals surface area contributed by atoms with Gasteiger partial charge in [-0.1, -0.05) is 13.8 Å². The van der Waals surface area contributed by atoms with Crippen LogP contribution in [-0.4, -0.2) is 56.4 Å². The fraction of sp³-hybridized carbons (Fsp3) is 0.905. The lowest BCUT2D eigenvalue weighted by atomic mass is 9.95. The maximum Gasteiger partial charge on any atom is 0.220 e. The summed E-state index contributed by atoms with van der Waals surface area (Å²) in [6.07, 6.45) is 6.82. The van der Waals surface area contributed by atoms with Crippen molar-refractivity contribution in [3.8, 4) is 0 Å². The number of ether oxygens (including phenoxy) is 3. The number of carbonyl (C=O) groups is 2. The van der Waals surface area contributed by atoms with Gasteiger partial charge >= 0.3 is 0 Å². The number of hydrogen-bond acceptors (Lipinski definition) is 5. The van der Waals surface area contributed by atoms with Gasteiger partial charge in [-0.2, -0.15) is 0 Å². The van der Waals surface area contributed by atoms with Crippen molar-refractivity contribution in [3.05, 3.63) is 0 Å². The Morgan fingerprint density at radius 3 is 2.22 bits per heavy atom. The standard InChI is InChI=1S/C21H39NO5/c1-16(2)20(23)11-14-25-15-12-22-21(24)6-5-13-26-18-7-9-19(10-8-18)27-17(3)4/h16-19H,5-15H2,1-4H3,(H,22,24)/t18-,19+. The first-order valence-corrected chi connectivity index (χ1v) is 10.5. The van der Waals surface area contributed by atoms with Gasteiger partial charge < -0.3 is 19.5 Å². The lowest BCUT2D eigenvalue weighted by molar-refractivity contribution is -0.124. The van der Waals surface area contributed by atoms with Gasteiger partial charge in [0.1, 0.15) is 5.78 Å². The second-order valence-corrected chi connectivity index (χ2v) is 7.89. The quantitative estimate of drug-likeness (QED) is 0.465. The molecular weight excluding hydrogens is 346 g/mol. The van der Waals surface area contributed by atoms with Crippen molar-refractivity contribution in [1.29, 1.82) is 0 Å². The van der Waals surface area contributed by atoms with E-state index < -0.39 is 0 Å². The largest absolute Gasteiger partial charge is 0.379 e. The summed E-state index contributed by atoms with van der Waals surface area (Å²) in [4.78, 5) is 23.2. The zero-order valence-electron chi connectivity index (χ0n) is 17.6. The molecule has 1 aliphatic rings. The van der Waals surface area contributed by atoms with E-state index in [1.807, 2.05) is 13.8 Å². The topological polar surface area (TPSA) is 73.9 Å². The molecule has 1 N–H and O–H groups in total. The lowest BCUT2D eigenvalue weighted by Gasteiger charge is -2.29. The monoisotopic (exact) mass is 385 g/mol. The minimum Gasteiger partial charge on any atom is -0.379 e. The van der Waals surface area contributed by atoms with Crippen LogP contribution < -0.4 is 5.32 Å². The number of amides is 1. The number of Topliss-reactive ketones (excluding diaryl/α,β-unsaturated/α-hetero) is 1. The molecule has 0 saturated heterocycles. The third-order valence-electron chi connectivity index (χ3n) is 4.69. The van der Waals surface area contributed by atoms with E-state index >= 15 is 0 Å². The highest BCUT2D eigenvalue weighted by molar-refractivity contribution is 5.80. The molecule has 1 fully saturated rings. The molecule has 0 radical (unpaired) electrons. The zero-order valence-corrected chi connectivity index (χ0v) is 17.6. The molecule has 1 amide bonds. The van der Waals surface area contributed by atoms with E-state index in [4.69, 9.17) is 14.2 Å². The van der Waals surface area contributed by atoms with Crippen molar-refractivity contribution in [1.82, 2.24) is 5.32 Å². The Morgan fingerprint density at radius 2 is 1.59 bits per heavy atom. The van der Waals surface area contributed by atoms with Crippen molar-refractivity contribution in [2.24, 2.45) is 5.92 Å². The van der Waals surface area contributed by atoms with E-state index in [9.17, 15) is 9.59 Å². The number of nitrogens with one attached hydrogen (secondary N) is 1. The highest BCUT2D eigenvalue weighted by Gasteiger charge is 2.22. The second-order valence-electron chi connectivity index (χ2n) is 7.89. The van der Waals surface area contributed by atoms with Gasteiger partial charge in [-0.3, -0.25) is 9.59 Å². The third kappa shape index (κ3) is 12.2. The molecule has 1 rings (SSSR count). The highest BCUT2D eigenvalue weighted by atomic mass is 16.5. The number of ketones is 1. The molecule has 0 spiro atoms. The molecule has 6 nitrogen and oxygen atoms in total. The summed E-state index contributed by atoms with van der Waals surface area (Å²) in [6.45, 7) is 9.90. The second kappa shape index (κ2) is 14.1. The van der Waals surface area contributed by atoms with Crippen molar-refractivity contribution < 1.29 is 23.8 Å². The smallest absolute Gasteiger partial charge is 0.220 e. The Labute approximate surface area is 164 Å². The lowest BCUT2D eigenvalue weighted by Crippen LogP contribution is -2.29. The van der Waals surface area contributed by atoms with Crippen molar-refractivity contribution in [3.63, 3.8) is 0 Å². The zero-order chi connectivity index (χ0) is 20.1. The van der Waals surface area contributed by atoms with E-state index in [0.717, 1.165) is 32.1 Å². The summed E-state index contributed by atoms with van der Waals surface area (Å²) < 4.78 is 17.1. The van der Waals surface area contributed by atoms with Crippen LogP contribution in [-0.2, 0) is 23.8 Å². The summed E-state index contributed by atoms with van der Waals surface area (Å²) in [5, 5.41) is 2.83. The van der Waals surface area contributed by atoms with Gasteiger partial charge in [-0.15, -0.1) is 0 Å². The Kier molecular flexibility index (Phi) is 12.5. The average Bonchev–Trinajstić information content (AvgIpc) is 2.62. The first-order chi connectivity index (χ1) is 12.9. The number of carbonyl (C=O) groups excluding carboxylic acids is 2. The molecule has 0 bridgehead atoms. The molecule has 0 unspecified atom stereocenters. The molecule has 0 aromatic rings. The summed E-state index contributed by atoms with van der Waals surface area (Å²) in [5.74, 6) is 0.286. The van der Waals surface area contributed by atoms with E-state index in [2.05, 4.69) is 19.2 Å². The number of hydrogen-bond donors (Lipinski definition) is 1. The van der Waals surface area contributed by atoms with Crippen molar-refractivity contribution in [2.45, 2.75) is 91.0 Å². The van der Waals surface area contributed by atoms with E-state index in [-0.39, 0.29) is 17.6 Å². The first kappa shape index (κ1) is 24.1. The summed E-state index contributed by atoms with van der Waals surface area (Å²) in [6, 6.07) is 0. The molecule has 0 aromatic heterocycles. The van der Waals surface area contributed by atoms with Crippen LogP contribution in [0.25, 0.3) is 0 Å². The van der Waals surface area contributed by atoms with E-state index in [1.54, 1.807) is 0 Å². The molecule has 27 heavy (non-hydrogen) atoms. The predicted octanol–water partition coefficient (Wildman–Crippen LogP) is 3.27. The molecule has 0 heterocycles. The van der Waals surface area contributed by atoms with Crippen LogP contribution in [0.15, 0.2) is 0 Å². The molecule has 0 aliphatic heterocycles. The number of rotatable bonds is 14. The Morgan fingerprint density at radius 1 is 0.926 bits per heavy atom. The van der Waals surface area contributed by atoms with Crippen LogP contribution in [0.2, 0.25) is 0 Å². The summed E-state index contributed by atoms with van der Waals surface area (Å²) in [7, 11) is 0. The minimum absolute atomic E-state index is 0.0227. The first-order valence-electron chi connectivity index (χ1n) is 10.5. The fourth-order valence-corrected chi connectivity index (χ4v) is 3.12. The maximum atomic E-state index is 11.8. The minimum atomic E-state index is 0.0227. The van der Waals surface area contributed by atoms with Crippen LogP contribution in [0.5, 0.6) is 0 Å². The van der Waals surface area contributed by atoms with Gasteiger partial charge in [0.05, 0.1) is 31.5 Å². The normalized spacial score (nSPS) is 20.2. The molecule has 0 atom stereocenters. The predicted molar refractivity (Wildman–Crippen MR) is 106 cm³/mol. The van der Waals surface area contributed by atoms with Crippen molar-refractivity contribution >= 4 is 11.7 Å². The van der Waals surface area contributed by atoms with Crippen LogP contribution in [0.1, 0.15) is 72.6 Å². The molecular formula is C21H39NO5. The van der Waals surface area contributed by atoms with E-state index in [1.165, 1.54) is 0 Å². The SMILES string of the molecule is CC(C)O[C@H]1CC[C@@H](OCCCC(=O)NCCOCCC(=O)C(C)C)CC1. The van der Waals surface area contributed by atoms with E-state index in [0.29, 0.717) is 57.5 Å². The maximum absolute atomic E-state index is 11.8. The average molecular weight is 386 g/mol. The molecule has 1 aliphatic carbocycles. The van der Waals surface area contributed by atoms with Gasteiger partial charge in [0.25, 0.3) is 0 Å². The van der Waals surface area contributed by atoms with Crippen LogP contribution in [0.3, 0.4) is 0 Å². The Hall–Kier alpha value is -0.980. The van der Waals surface area contributed by atoms with Crippen molar-refractivity contribution in [2.75, 3.05) is 26.4 Å². The fourth-order valence-electron chi connectivity index (χ4n) is 3.12. The summed E-state index contributed by atoms with van der Waals surface area (Å²) in [5.41, 5.74) is 0. The van der Waals surface area contributed by atoms with Crippen LogP contribution >= 0.6 is 0 Å². The van der Waals surface area contributed by atoms with Gasteiger partial charge in [0, 0.05) is 31.9 Å². The van der Waals surface area contributed by atoms with Crippen LogP contribution in [0, 0.1) is 5.92 Å². The Bertz CT molecular complexity index is 417. The molecule has 1 saturated carbocycles. The highest BCUT2D eigenvalue weighted by Crippen LogP contribution is 2.24. The molecule has 0 aromatic carbocycles. The third-order valence-corrected chi connectivity index (χ3v) is 4.69. The summed E-state index contributed by atoms with van der Waals surface area (Å²) >= 11 is 0. The van der Waals surface area contributed by atoms with Gasteiger partial charge in [-0.05, 0) is 46.0 Å². The molecule has 6 heteroatoms. The molecule has 158 valence electrons. The van der Waals surface area contributed by atoms with Gasteiger partial charge in [0.15, 0.2) is 0 Å². The van der Waals surface area contributed by atoms with Crippen LogP contribution in [0.4, 0.5) is 0 Å². The van der Waals surface area contributed by atoms with Gasteiger partial charge in [-0.25, -0.2) is 0 Å².